The molecule has 0 unspecified atom stereocenters. The quantitative estimate of drug-likeness (QED) is 0.551. The second kappa shape index (κ2) is 2.52. The highest BCUT2D eigenvalue weighted by Gasteiger charge is 1.81. The van der Waals surface area contributed by atoms with Crippen LogP contribution in [0.2, 0.25) is 0 Å². The van der Waals surface area contributed by atoms with E-state index in [0.29, 0.717) is 6.73 Å². The average molecular weight is 110 g/mol. The van der Waals surface area contributed by atoms with Crippen LogP contribution < -0.4 is 0 Å². The molecule has 43 valence electrons. The van der Waals surface area contributed by atoms with Crippen molar-refractivity contribution in [2.24, 2.45) is 0 Å². The molecule has 1 aromatic heterocycles. The van der Waals surface area contributed by atoms with Gasteiger partial charge in [0.1, 0.15) is 6.73 Å². The lowest BCUT2D eigenvalue weighted by atomic mass is 10.7. The molecule has 0 saturated heterocycles. The summed E-state index contributed by atoms with van der Waals surface area (Å²) in [5, 5.41) is 0. The molecule has 8 heavy (non-hydrogen) atoms. The molecule has 0 spiro atoms. The van der Waals surface area contributed by atoms with Crippen LogP contribution in [-0.4, -0.2) is 11.7 Å². The van der Waals surface area contributed by atoms with E-state index in [0.717, 1.165) is 0 Å². The number of methoxy groups -OCH3 is 1. The minimum atomic E-state index is 0.590. The van der Waals surface area contributed by atoms with Crippen molar-refractivity contribution < 1.29 is 4.74 Å². The van der Waals surface area contributed by atoms with Gasteiger partial charge in [0.05, 0.1) is 6.20 Å². The molecule has 0 fully saturated rings. The van der Waals surface area contributed by atoms with Crippen LogP contribution >= 0.6 is 0 Å². The van der Waals surface area contributed by atoms with E-state index in [9.17, 15) is 0 Å². The Hall–Kier alpha value is -0.760. The van der Waals surface area contributed by atoms with Crippen molar-refractivity contribution in [2.45, 2.75) is 6.73 Å². The number of nitrogens with zero attached hydrogens (tertiary/aromatic N) is 1. The van der Waals surface area contributed by atoms with Crippen molar-refractivity contribution >= 4 is 0 Å². The predicted octanol–water partition coefficient (Wildman–Crippen LogP) is 0.892. The van der Waals surface area contributed by atoms with Crippen LogP contribution in [0.4, 0.5) is 0 Å². The number of hydrogen-bond acceptors (Lipinski definition) is 1. The van der Waals surface area contributed by atoms with E-state index in [1.54, 1.807) is 7.11 Å². The summed E-state index contributed by atoms with van der Waals surface area (Å²) in [5.74, 6) is 0. The van der Waals surface area contributed by atoms with Crippen LogP contribution in [0.5, 0.6) is 0 Å². The van der Waals surface area contributed by atoms with Crippen LogP contribution in [0, 0.1) is 6.20 Å². The van der Waals surface area contributed by atoms with Gasteiger partial charge < -0.3 is 9.30 Å². The summed E-state index contributed by atoms with van der Waals surface area (Å²) in [7, 11) is 1.66. The van der Waals surface area contributed by atoms with E-state index in [1.165, 1.54) is 0 Å². The Bertz CT molecular complexity index is 134. The SMILES string of the molecule is COCn1[c]ccc1. The summed E-state index contributed by atoms with van der Waals surface area (Å²) in [4.78, 5) is 0. The molecule has 2 heteroatoms. The van der Waals surface area contributed by atoms with Crippen molar-refractivity contribution in [1.82, 2.24) is 4.57 Å². The molecule has 0 atom stereocenters. The third-order valence-electron chi connectivity index (χ3n) is 0.871. The Morgan fingerprint density at radius 1 is 1.75 bits per heavy atom. The van der Waals surface area contributed by atoms with Gasteiger partial charge in [-0.3, -0.25) is 0 Å². The minimum Gasteiger partial charge on any atom is -0.364 e. The molecule has 1 heterocycles. The monoisotopic (exact) mass is 110 g/mol. The first-order valence-electron chi connectivity index (χ1n) is 2.45. The van der Waals surface area contributed by atoms with Crippen LogP contribution in [0.3, 0.4) is 0 Å². The smallest absolute Gasteiger partial charge is 0.122 e. The summed E-state index contributed by atoms with van der Waals surface area (Å²) in [6.45, 7) is 0.590. The van der Waals surface area contributed by atoms with Gasteiger partial charge >= 0.3 is 0 Å². The third kappa shape index (κ3) is 1.10. The van der Waals surface area contributed by atoms with Gasteiger partial charge in [0.15, 0.2) is 0 Å². The largest absolute Gasteiger partial charge is 0.364 e. The van der Waals surface area contributed by atoms with E-state index in [4.69, 9.17) is 4.74 Å². The van der Waals surface area contributed by atoms with Gasteiger partial charge in [0.2, 0.25) is 0 Å². The molecule has 1 rings (SSSR count). The van der Waals surface area contributed by atoms with Gasteiger partial charge in [-0.2, -0.15) is 0 Å². The van der Waals surface area contributed by atoms with Gasteiger partial charge in [0, 0.05) is 13.3 Å². The summed E-state index contributed by atoms with van der Waals surface area (Å²) in [6.07, 6.45) is 4.84. The fourth-order valence-electron chi connectivity index (χ4n) is 0.548. The lowest BCUT2D eigenvalue weighted by molar-refractivity contribution is 0.131. The van der Waals surface area contributed by atoms with Crippen LogP contribution in [0.1, 0.15) is 0 Å². The second-order valence-corrected chi connectivity index (χ2v) is 1.52. The average Bonchev–Trinajstić information content (AvgIpc) is 2.19. The normalized spacial score (nSPS) is 9.62. The first-order valence-corrected chi connectivity index (χ1v) is 2.45. The maximum atomic E-state index is 4.82. The molecule has 0 N–H and O–H groups in total. The molecule has 0 amide bonds. The van der Waals surface area contributed by atoms with Gasteiger partial charge in [-0.05, 0) is 12.1 Å². The number of hydrogen-bond donors (Lipinski definition) is 0. The van der Waals surface area contributed by atoms with Crippen LogP contribution in [-0.2, 0) is 11.5 Å². The highest BCUT2D eigenvalue weighted by Crippen LogP contribution is 1.86. The topological polar surface area (TPSA) is 14.2 Å². The number of rotatable bonds is 2. The molecule has 0 aliphatic heterocycles. The zero-order valence-corrected chi connectivity index (χ0v) is 4.79. The minimum absolute atomic E-state index is 0.590. The number of ether oxygens (including phenoxy) is 1. The Morgan fingerprint density at radius 3 is 3.12 bits per heavy atom. The van der Waals surface area contributed by atoms with Gasteiger partial charge in [-0.1, -0.05) is 0 Å². The maximum Gasteiger partial charge on any atom is 0.122 e. The predicted molar refractivity (Wildman–Crippen MR) is 30.3 cm³/mol. The van der Waals surface area contributed by atoms with Crippen molar-refractivity contribution in [3.8, 4) is 0 Å². The Kier molecular flexibility index (Phi) is 1.70. The van der Waals surface area contributed by atoms with Gasteiger partial charge in [0.25, 0.3) is 0 Å². The highest BCUT2D eigenvalue weighted by molar-refractivity contribution is 4.87. The standard InChI is InChI=1S/C6H8NO/c1-8-6-7-4-2-3-5-7/h2-4H,6H2,1H3. The van der Waals surface area contributed by atoms with Crippen molar-refractivity contribution in [3.63, 3.8) is 0 Å². The van der Waals surface area contributed by atoms with Crippen molar-refractivity contribution in [2.75, 3.05) is 7.11 Å². The van der Waals surface area contributed by atoms with E-state index in [2.05, 4.69) is 6.20 Å². The molecule has 0 bridgehead atoms. The molecule has 0 aliphatic carbocycles. The maximum absolute atomic E-state index is 4.82. The summed E-state index contributed by atoms with van der Waals surface area (Å²) in [5.41, 5.74) is 0. The first-order chi connectivity index (χ1) is 3.93. The first kappa shape index (κ1) is 5.38. The zero-order chi connectivity index (χ0) is 5.82. The third-order valence-corrected chi connectivity index (χ3v) is 0.871. The van der Waals surface area contributed by atoms with E-state index in [1.807, 2.05) is 22.9 Å². The molecular formula is C6H8NO. The molecule has 0 aliphatic rings. The summed E-state index contributed by atoms with van der Waals surface area (Å²) < 4.78 is 6.65. The Balaban J connectivity index is 2.50. The lowest BCUT2D eigenvalue weighted by Crippen LogP contribution is -1.94. The lowest BCUT2D eigenvalue weighted by Gasteiger charge is -1.95. The molecular weight excluding hydrogens is 102 g/mol. The summed E-state index contributed by atoms with van der Waals surface area (Å²) in [6, 6.07) is 3.76. The van der Waals surface area contributed by atoms with E-state index in [-0.39, 0.29) is 0 Å². The van der Waals surface area contributed by atoms with Crippen molar-refractivity contribution in [1.29, 1.82) is 0 Å². The molecule has 0 saturated carbocycles. The fourth-order valence-corrected chi connectivity index (χ4v) is 0.548. The van der Waals surface area contributed by atoms with E-state index >= 15 is 0 Å². The Labute approximate surface area is 48.7 Å². The molecule has 1 aromatic rings. The summed E-state index contributed by atoms with van der Waals surface area (Å²) >= 11 is 0. The van der Waals surface area contributed by atoms with Crippen LogP contribution in [0.25, 0.3) is 0 Å². The Morgan fingerprint density at radius 2 is 2.62 bits per heavy atom. The second-order valence-electron chi connectivity index (χ2n) is 1.52. The van der Waals surface area contributed by atoms with E-state index < -0.39 is 0 Å². The van der Waals surface area contributed by atoms with Gasteiger partial charge in [-0.25, -0.2) is 0 Å². The molecule has 1 radical (unpaired) electrons. The van der Waals surface area contributed by atoms with Crippen molar-refractivity contribution in [3.05, 3.63) is 24.5 Å². The zero-order valence-electron chi connectivity index (χ0n) is 4.79. The van der Waals surface area contributed by atoms with Crippen LogP contribution in [0.15, 0.2) is 18.3 Å². The highest BCUT2D eigenvalue weighted by atomic mass is 16.5. The van der Waals surface area contributed by atoms with Gasteiger partial charge in [-0.15, -0.1) is 0 Å². The fraction of sp³-hybridized carbons (Fsp3) is 0.333. The number of aromatic nitrogens is 1. The molecule has 2 nitrogen and oxygen atoms in total. The molecule has 0 aromatic carbocycles.